The molecule has 0 aromatic rings. The first-order valence-corrected chi connectivity index (χ1v) is 26.2. The molecule has 1 atom stereocenters. The van der Waals surface area contributed by atoms with Gasteiger partial charge in [-0.2, -0.15) is 0 Å². The van der Waals surface area contributed by atoms with Crippen molar-refractivity contribution >= 4 is 17.9 Å². The zero-order valence-electron chi connectivity index (χ0n) is 39.8. The number of rotatable bonds is 48. The molecule has 1 unspecified atom stereocenters. The predicted octanol–water partition coefficient (Wildman–Crippen LogP) is 17.0. The molecule has 0 spiro atoms. The predicted molar refractivity (Wildman–Crippen MR) is 252 cm³/mol. The summed E-state index contributed by atoms with van der Waals surface area (Å²) in [5, 5.41) is 0. The number of ether oxygens (including phenoxy) is 3. The van der Waals surface area contributed by atoms with Crippen molar-refractivity contribution < 1.29 is 28.6 Å². The number of esters is 3. The average Bonchev–Trinajstić information content (AvgIpc) is 3.23. The second-order valence-corrected chi connectivity index (χ2v) is 17.8. The van der Waals surface area contributed by atoms with Crippen LogP contribution in [-0.2, 0) is 28.6 Å². The Balaban J connectivity index is 4.06. The third-order valence-electron chi connectivity index (χ3n) is 11.8. The number of hydrogen-bond donors (Lipinski definition) is 0. The Kier molecular flexibility index (Phi) is 47.3. The number of carbonyl (C=O) groups excluding carboxylic acids is 3. The van der Waals surface area contributed by atoms with Gasteiger partial charge in [0, 0.05) is 19.3 Å². The lowest BCUT2D eigenvalue weighted by Crippen LogP contribution is -2.30. The fraction of sp³-hybridized carbons (Fsp3) is 0.906. The summed E-state index contributed by atoms with van der Waals surface area (Å²) in [7, 11) is 0. The van der Waals surface area contributed by atoms with Gasteiger partial charge in [0.1, 0.15) is 13.2 Å². The number of allylic oxidation sites excluding steroid dienone is 2. The van der Waals surface area contributed by atoms with E-state index in [2.05, 4.69) is 32.9 Å². The quantitative estimate of drug-likeness (QED) is 0.0263. The van der Waals surface area contributed by atoms with Gasteiger partial charge < -0.3 is 14.2 Å². The van der Waals surface area contributed by atoms with Crippen molar-refractivity contribution in [3.8, 4) is 0 Å². The van der Waals surface area contributed by atoms with E-state index in [9.17, 15) is 14.4 Å². The van der Waals surface area contributed by atoms with Crippen LogP contribution >= 0.6 is 0 Å². The molecule has 59 heavy (non-hydrogen) atoms. The van der Waals surface area contributed by atoms with E-state index in [-0.39, 0.29) is 31.1 Å². The van der Waals surface area contributed by atoms with Crippen molar-refractivity contribution in [2.75, 3.05) is 13.2 Å². The molecule has 0 amide bonds. The van der Waals surface area contributed by atoms with Crippen LogP contribution in [0.2, 0.25) is 0 Å². The molecule has 0 aromatic carbocycles. The van der Waals surface area contributed by atoms with E-state index in [0.29, 0.717) is 19.3 Å². The molecule has 6 nitrogen and oxygen atoms in total. The van der Waals surface area contributed by atoms with Crippen LogP contribution in [0.4, 0.5) is 0 Å². The zero-order chi connectivity index (χ0) is 43.0. The molecule has 0 heterocycles. The first kappa shape index (κ1) is 57.1. The summed E-state index contributed by atoms with van der Waals surface area (Å²) in [6, 6.07) is 0. The standard InChI is InChI=1S/C53H100O6/c1-4-7-10-13-15-17-19-21-23-24-25-26-27-28-29-30-32-33-35-37-40-43-46-52(55)58-49-50(48-57-51(54)45-42-39-12-9-6-3)59-53(56)47-44-41-38-36-34-31-22-20-18-16-14-11-8-5-2/h20,22,50H,4-19,21,23-49H2,1-3H3/b22-20-. The van der Waals surface area contributed by atoms with Gasteiger partial charge in [-0.05, 0) is 44.9 Å². The van der Waals surface area contributed by atoms with Crippen LogP contribution in [0.1, 0.15) is 290 Å². The van der Waals surface area contributed by atoms with Crippen LogP contribution in [0.15, 0.2) is 12.2 Å². The van der Waals surface area contributed by atoms with Crippen molar-refractivity contribution in [1.29, 1.82) is 0 Å². The molecular formula is C53H100O6. The van der Waals surface area contributed by atoms with E-state index in [0.717, 1.165) is 70.6 Å². The maximum Gasteiger partial charge on any atom is 0.306 e. The second-order valence-electron chi connectivity index (χ2n) is 17.8. The van der Waals surface area contributed by atoms with E-state index >= 15 is 0 Å². The lowest BCUT2D eigenvalue weighted by Gasteiger charge is -2.18. The van der Waals surface area contributed by atoms with Crippen LogP contribution in [0, 0.1) is 0 Å². The first-order chi connectivity index (χ1) is 29.0. The van der Waals surface area contributed by atoms with E-state index < -0.39 is 6.10 Å². The summed E-state index contributed by atoms with van der Waals surface area (Å²) < 4.78 is 16.7. The van der Waals surface area contributed by atoms with Crippen molar-refractivity contribution in [3.05, 3.63) is 12.2 Å². The molecule has 0 rings (SSSR count). The van der Waals surface area contributed by atoms with E-state index in [4.69, 9.17) is 14.2 Å². The van der Waals surface area contributed by atoms with Gasteiger partial charge in [0.2, 0.25) is 0 Å². The van der Waals surface area contributed by atoms with Crippen molar-refractivity contribution in [3.63, 3.8) is 0 Å². The van der Waals surface area contributed by atoms with Gasteiger partial charge in [0.15, 0.2) is 6.10 Å². The molecule has 348 valence electrons. The summed E-state index contributed by atoms with van der Waals surface area (Å²) in [6.07, 6.45) is 53.9. The highest BCUT2D eigenvalue weighted by Crippen LogP contribution is 2.17. The largest absolute Gasteiger partial charge is 0.462 e. The number of hydrogen-bond acceptors (Lipinski definition) is 6. The molecule has 0 aromatic heterocycles. The van der Waals surface area contributed by atoms with Crippen LogP contribution in [0.5, 0.6) is 0 Å². The van der Waals surface area contributed by atoms with Crippen molar-refractivity contribution in [1.82, 2.24) is 0 Å². The van der Waals surface area contributed by atoms with Crippen LogP contribution < -0.4 is 0 Å². The Morgan fingerprint density at radius 3 is 0.847 bits per heavy atom. The number of unbranched alkanes of at least 4 members (excludes halogenated alkanes) is 35. The van der Waals surface area contributed by atoms with Gasteiger partial charge in [0.25, 0.3) is 0 Å². The molecule has 6 heteroatoms. The minimum absolute atomic E-state index is 0.0695. The Labute approximate surface area is 367 Å². The zero-order valence-corrected chi connectivity index (χ0v) is 39.8. The van der Waals surface area contributed by atoms with Crippen molar-refractivity contribution in [2.45, 2.75) is 297 Å². The molecule has 0 saturated heterocycles. The Hall–Kier alpha value is -1.85. The van der Waals surface area contributed by atoms with Crippen LogP contribution in [-0.4, -0.2) is 37.2 Å². The molecule has 0 aliphatic carbocycles. The number of carbonyl (C=O) groups is 3. The summed E-state index contributed by atoms with van der Waals surface area (Å²) >= 11 is 0. The van der Waals surface area contributed by atoms with Gasteiger partial charge in [-0.3, -0.25) is 14.4 Å². The van der Waals surface area contributed by atoms with Gasteiger partial charge >= 0.3 is 17.9 Å². The van der Waals surface area contributed by atoms with E-state index in [1.165, 1.54) is 180 Å². The topological polar surface area (TPSA) is 78.9 Å². The first-order valence-electron chi connectivity index (χ1n) is 26.2. The molecule has 0 radical (unpaired) electrons. The molecule has 0 bridgehead atoms. The van der Waals surface area contributed by atoms with E-state index in [1.807, 2.05) is 0 Å². The Bertz CT molecular complexity index is 916. The smallest absolute Gasteiger partial charge is 0.306 e. The normalized spacial score (nSPS) is 12.0. The fourth-order valence-electron chi connectivity index (χ4n) is 7.79. The van der Waals surface area contributed by atoms with Crippen molar-refractivity contribution in [2.24, 2.45) is 0 Å². The lowest BCUT2D eigenvalue weighted by atomic mass is 10.0. The fourth-order valence-corrected chi connectivity index (χ4v) is 7.79. The third-order valence-corrected chi connectivity index (χ3v) is 11.8. The van der Waals surface area contributed by atoms with Gasteiger partial charge in [-0.1, -0.05) is 238 Å². The SMILES string of the molecule is CCCCCCC/C=C\CCCCCCCC(=O)OC(COC(=O)CCCCCCC)COC(=O)CCCCCCCCCCCCCCCCCCCCCCCC. The maximum atomic E-state index is 12.7. The van der Waals surface area contributed by atoms with E-state index in [1.54, 1.807) is 0 Å². The third kappa shape index (κ3) is 47.1. The molecular weight excluding hydrogens is 733 g/mol. The molecule has 0 fully saturated rings. The summed E-state index contributed by atoms with van der Waals surface area (Å²) in [6.45, 7) is 6.57. The molecule has 0 aliphatic rings. The maximum absolute atomic E-state index is 12.7. The molecule has 0 saturated carbocycles. The van der Waals surface area contributed by atoms with Gasteiger partial charge in [-0.15, -0.1) is 0 Å². The highest BCUT2D eigenvalue weighted by Gasteiger charge is 2.19. The minimum atomic E-state index is -0.765. The highest BCUT2D eigenvalue weighted by atomic mass is 16.6. The van der Waals surface area contributed by atoms with Gasteiger partial charge in [-0.25, -0.2) is 0 Å². The minimum Gasteiger partial charge on any atom is -0.462 e. The second kappa shape index (κ2) is 48.8. The van der Waals surface area contributed by atoms with Gasteiger partial charge in [0.05, 0.1) is 0 Å². The molecule has 0 N–H and O–H groups in total. The highest BCUT2D eigenvalue weighted by molar-refractivity contribution is 5.71. The summed E-state index contributed by atoms with van der Waals surface area (Å²) in [4.78, 5) is 37.6. The summed E-state index contributed by atoms with van der Waals surface area (Å²) in [5.41, 5.74) is 0. The van der Waals surface area contributed by atoms with Crippen LogP contribution in [0.25, 0.3) is 0 Å². The monoisotopic (exact) mass is 833 g/mol. The molecule has 0 aliphatic heterocycles. The average molecular weight is 833 g/mol. The summed E-state index contributed by atoms with van der Waals surface area (Å²) in [5.74, 6) is -0.878. The Morgan fingerprint density at radius 2 is 0.559 bits per heavy atom. The lowest BCUT2D eigenvalue weighted by molar-refractivity contribution is -0.167. The van der Waals surface area contributed by atoms with Crippen LogP contribution in [0.3, 0.4) is 0 Å². The Morgan fingerprint density at radius 1 is 0.322 bits per heavy atom.